The van der Waals surface area contributed by atoms with Gasteiger partial charge in [-0.05, 0) is 151 Å². The highest BCUT2D eigenvalue weighted by atomic mass is 14.5. The highest BCUT2D eigenvalue weighted by Crippen LogP contribution is 2.52. The van der Waals surface area contributed by atoms with E-state index in [1.807, 2.05) is 0 Å². The van der Waals surface area contributed by atoms with Crippen molar-refractivity contribution in [2.45, 2.75) is 419 Å². The van der Waals surface area contributed by atoms with Crippen LogP contribution in [-0.2, 0) is 0 Å². The SMILES string of the molecule is CC(C(C)(C)C)C(C)(C)C.CC(C)(C)C(C)(C)C(C)(C)C.CC(C)C(C)C(C)C.CC1(C)CCCCC1.CC1C(C)(C)CCCC1(C)C.CC1CCC(C)(C)CC1.CCC(C)(C)C(C)(C)C.CCC(C)(C)C(C)C.CCC1CCCCC1. The summed E-state index contributed by atoms with van der Waals surface area (Å²) in [5, 5.41) is 0. The second-order valence-corrected chi connectivity index (χ2v) is 39.4. The smallest absolute Gasteiger partial charge is 0.0257 e. The maximum Gasteiger partial charge on any atom is -0.0257 e. The first kappa shape index (κ1) is 90.7. The van der Waals surface area contributed by atoms with Crippen molar-refractivity contribution in [1.29, 1.82) is 0 Å². The van der Waals surface area contributed by atoms with Crippen LogP contribution in [0.4, 0.5) is 0 Å². The van der Waals surface area contributed by atoms with Crippen molar-refractivity contribution in [2.24, 2.45) is 112 Å². The third kappa shape index (κ3) is 40.5. The van der Waals surface area contributed by atoms with Crippen LogP contribution in [0.1, 0.15) is 419 Å². The summed E-state index contributed by atoms with van der Waals surface area (Å²) in [6, 6.07) is 0. The Labute approximate surface area is 528 Å². The van der Waals surface area contributed by atoms with Gasteiger partial charge in [0, 0.05) is 0 Å². The normalized spacial score (nSPS) is 19.9. The lowest BCUT2D eigenvalue weighted by atomic mass is 9.56. The predicted octanol–water partition coefficient (Wildman–Crippen LogP) is 30.3. The molecule has 82 heavy (non-hydrogen) atoms. The molecule has 4 aliphatic carbocycles. The van der Waals surface area contributed by atoms with E-state index in [2.05, 4.69) is 291 Å². The van der Waals surface area contributed by atoms with Crippen molar-refractivity contribution in [2.75, 3.05) is 0 Å². The highest BCUT2D eigenvalue weighted by molar-refractivity contribution is 4.92. The van der Waals surface area contributed by atoms with Crippen LogP contribution in [0.15, 0.2) is 0 Å². The van der Waals surface area contributed by atoms with Crippen LogP contribution in [0.3, 0.4) is 0 Å². The van der Waals surface area contributed by atoms with E-state index in [1.54, 1.807) is 0 Å². The van der Waals surface area contributed by atoms with Gasteiger partial charge in [-0.25, -0.2) is 0 Å². The Morgan fingerprint density at radius 1 is 0.378 bits per heavy atom. The predicted molar refractivity (Wildman–Crippen MR) is 388 cm³/mol. The summed E-state index contributed by atoms with van der Waals surface area (Å²) in [6.45, 7) is 97.8. The van der Waals surface area contributed by atoms with E-state index in [1.165, 1.54) is 128 Å². The molecule has 0 radical (unpaired) electrons. The lowest BCUT2D eigenvalue weighted by Crippen LogP contribution is -2.41. The molecule has 0 amide bonds. The molecule has 4 aliphatic rings. The van der Waals surface area contributed by atoms with Gasteiger partial charge < -0.3 is 0 Å². The summed E-state index contributed by atoms with van der Waals surface area (Å²) in [5.74, 6) is 7.08. The van der Waals surface area contributed by atoms with E-state index in [9.17, 15) is 0 Å². The molecule has 0 nitrogen and oxygen atoms in total. The fraction of sp³-hybridized carbons (Fsp3) is 1.00. The molecule has 0 N–H and O–H groups in total. The van der Waals surface area contributed by atoms with Crippen LogP contribution in [0, 0.1) is 112 Å². The van der Waals surface area contributed by atoms with Crippen molar-refractivity contribution in [1.82, 2.24) is 0 Å². The molecule has 0 bridgehead atoms. The van der Waals surface area contributed by atoms with Crippen LogP contribution in [-0.4, -0.2) is 0 Å². The molecule has 0 aromatic rings. The Morgan fingerprint density at radius 3 is 0.841 bits per heavy atom. The van der Waals surface area contributed by atoms with Gasteiger partial charge in [-0.3, -0.25) is 0 Å². The molecule has 0 aliphatic heterocycles. The Morgan fingerprint density at radius 2 is 0.707 bits per heavy atom. The molecule has 4 fully saturated rings. The molecule has 0 unspecified atom stereocenters. The first-order valence-electron chi connectivity index (χ1n) is 36.1. The number of hydrogen-bond acceptors (Lipinski definition) is 0. The molecular weight excluding hydrogens is 985 g/mol. The van der Waals surface area contributed by atoms with E-state index < -0.39 is 0 Å². The van der Waals surface area contributed by atoms with Crippen LogP contribution in [0.5, 0.6) is 0 Å². The zero-order chi connectivity index (χ0) is 66.8. The van der Waals surface area contributed by atoms with E-state index in [4.69, 9.17) is 0 Å². The average Bonchev–Trinajstić information content (AvgIpc) is 3.31. The van der Waals surface area contributed by atoms with Gasteiger partial charge in [0.15, 0.2) is 0 Å². The van der Waals surface area contributed by atoms with E-state index in [-0.39, 0.29) is 0 Å². The molecule has 4 saturated carbocycles. The Hall–Kier alpha value is 0. The fourth-order valence-electron chi connectivity index (χ4n) is 11.3. The molecule has 0 heterocycles. The van der Waals surface area contributed by atoms with E-state index >= 15 is 0 Å². The van der Waals surface area contributed by atoms with Crippen molar-refractivity contribution in [3.63, 3.8) is 0 Å². The van der Waals surface area contributed by atoms with Crippen molar-refractivity contribution in [3.8, 4) is 0 Å². The molecule has 0 aromatic heterocycles. The zero-order valence-corrected chi connectivity index (χ0v) is 66.8. The average molecular weight is 1160 g/mol. The molecular formula is C82H174. The summed E-state index contributed by atoms with van der Waals surface area (Å²) in [5.41, 5.74) is 5.97. The Kier molecular flexibility index (Phi) is 42.6. The van der Waals surface area contributed by atoms with Gasteiger partial charge in [-0.15, -0.1) is 0 Å². The third-order valence-corrected chi connectivity index (χ3v) is 25.0. The molecule has 0 aromatic carbocycles. The maximum absolute atomic E-state index is 2.42. The molecule has 4 rings (SSSR count). The van der Waals surface area contributed by atoms with Crippen LogP contribution in [0.25, 0.3) is 0 Å². The zero-order valence-electron chi connectivity index (χ0n) is 66.8. The van der Waals surface area contributed by atoms with Gasteiger partial charge in [0.25, 0.3) is 0 Å². The Balaban J connectivity index is -0.000000272. The monoisotopic (exact) mass is 1160 g/mol. The standard InChI is InChI=1S/C11H22.C11H24.C10H22.C9H18.C9H20.2C8H16.2C8H18/c1-9-10(2,3)7-6-8-11(9,4)5;1-9(2,3)11(7,8)10(4,5)6;1-8(9(2,3)4)10(5,6)7;1-8-4-6-9(2,3)7-5-8;1-7-9(5,6)8(2,3)4;1-8(2)6-4-3-5-7-8;1-2-8-6-4-3-5-7-8;1-6-8(4,5)7(2)3;1-6(2)8(5)7(3)4/h9H,6-8H2,1-5H3;1-8H3;8H,1-7H3;8H,4-7H2,1-3H3;7H2,1-6H3;3-7H2,1-2H3;8H,2-7H2,1H3;7H,6H2,1-5H3;6-8H,1-5H3. The minimum Gasteiger partial charge on any atom is -0.0651 e. The lowest BCUT2D eigenvalue weighted by molar-refractivity contribution is 0.00575. The minimum absolute atomic E-state index is 0.375. The largest absolute Gasteiger partial charge is 0.0651 e. The quantitative estimate of drug-likeness (QED) is 0.249. The summed E-state index contributed by atoms with van der Waals surface area (Å²) in [4.78, 5) is 0. The molecule has 0 atom stereocenters. The number of hydrogen-bond donors (Lipinski definition) is 0. The number of rotatable bonds is 6. The summed E-state index contributed by atoms with van der Waals surface area (Å²) in [7, 11) is 0. The summed E-state index contributed by atoms with van der Waals surface area (Å²) in [6.07, 6.45) is 28.8. The second-order valence-electron chi connectivity index (χ2n) is 39.4. The first-order valence-corrected chi connectivity index (χ1v) is 36.1. The van der Waals surface area contributed by atoms with Crippen molar-refractivity contribution < 1.29 is 0 Å². The van der Waals surface area contributed by atoms with Gasteiger partial charge in [0.05, 0.1) is 0 Å². The highest BCUT2D eigenvalue weighted by Gasteiger charge is 2.43. The van der Waals surface area contributed by atoms with Crippen molar-refractivity contribution >= 4 is 0 Å². The second kappa shape index (κ2) is 38.5. The van der Waals surface area contributed by atoms with Gasteiger partial charge in [0.1, 0.15) is 0 Å². The third-order valence-electron chi connectivity index (χ3n) is 25.0. The first-order chi connectivity index (χ1) is 36.1. The fourth-order valence-corrected chi connectivity index (χ4v) is 11.3. The van der Waals surface area contributed by atoms with Crippen molar-refractivity contribution in [3.05, 3.63) is 0 Å². The van der Waals surface area contributed by atoms with Crippen LogP contribution < -0.4 is 0 Å². The minimum atomic E-state index is 0.375. The van der Waals surface area contributed by atoms with Gasteiger partial charge in [0.2, 0.25) is 0 Å². The van der Waals surface area contributed by atoms with E-state index in [0.29, 0.717) is 65.0 Å². The Bertz CT molecular complexity index is 1430. The molecule has 0 saturated heterocycles. The summed E-state index contributed by atoms with van der Waals surface area (Å²) >= 11 is 0. The van der Waals surface area contributed by atoms with Crippen LogP contribution in [0.2, 0.25) is 0 Å². The molecule has 502 valence electrons. The van der Waals surface area contributed by atoms with Gasteiger partial charge in [-0.2, -0.15) is 0 Å². The van der Waals surface area contributed by atoms with E-state index in [0.717, 1.165) is 47.3 Å². The maximum atomic E-state index is 2.42. The summed E-state index contributed by atoms with van der Waals surface area (Å²) < 4.78 is 0. The van der Waals surface area contributed by atoms with Gasteiger partial charge in [-0.1, -0.05) is 381 Å². The lowest BCUT2D eigenvalue weighted by Gasteiger charge is -2.49. The topological polar surface area (TPSA) is 0 Å². The molecule has 0 spiro atoms. The van der Waals surface area contributed by atoms with Crippen LogP contribution >= 0.6 is 0 Å². The molecule has 0 heteroatoms. The van der Waals surface area contributed by atoms with Gasteiger partial charge >= 0.3 is 0 Å².